The topological polar surface area (TPSA) is 60.2 Å². The van der Waals surface area contributed by atoms with E-state index in [2.05, 4.69) is 15.0 Å². The molecule has 106 valence electrons. The van der Waals surface area contributed by atoms with E-state index in [1.807, 2.05) is 0 Å². The van der Waals surface area contributed by atoms with Crippen LogP contribution in [0.1, 0.15) is 0 Å². The first-order valence-corrected chi connectivity index (χ1v) is 6.14. The highest BCUT2D eigenvalue weighted by atomic mass is 35.5. The third kappa shape index (κ3) is 3.61. The van der Waals surface area contributed by atoms with Crippen LogP contribution in [-0.4, -0.2) is 11.6 Å². The lowest BCUT2D eigenvalue weighted by Crippen LogP contribution is -2.02. The average Bonchev–Trinajstić information content (AvgIpc) is 2.37. The summed E-state index contributed by atoms with van der Waals surface area (Å²) in [4.78, 5) is 3.99. The number of aromatic nitrogens is 1. The number of hydrogen-bond donors (Lipinski definition) is 2. The van der Waals surface area contributed by atoms with Gasteiger partial charge in [0.1, 0.15) is 11.6 Å². The van der Waals surface area contributed by atoms with E-state index in [1.165, 1.54) is 18.2 Å². The Kier molecular flexibility index (Phi) is 4.46. The molecule has 0 bridgehead atoms. The zero-order valence-corrected chi connectivity index (χ0v) is 11.4. The van der Waals surface area contributed by atoms with Crippen molar-refractivity contribution in [1.82, 2.24) is 4.98 Å². The molecule has 20 heavy (non-hydrogen) atoms. The molecule has 0 aliphatic carbocycles. The van der Waals surface area contributed by atoms with Gasteiger partial charge in [0.25, 0.3) is 0 Å². The van der Waals surface area contributed by atoms with Crippen LogP contribution in [0.25, 0.3) is 0 Å². The fourth-order valence-corrected chi connectivity index (χ4v) is 1.83. The van der Waals surface area contributed by atoms with Crippen molar-refractivity contribution in [2.75, 3.05) is 11.1 Å². The van der Waals surface area contributed by atoms with Gasteiger partial charge in [-0.15, -0.1) is 0 Å². The van der Waals surface area contributed by atoms with Gasteiger partial charge in [0.15, 0.2) is 5.82 Å². The minimum Gasteiger partial charge on any atom is -0.435 e. The van der Waals surface area contributed by atoms with Crippen LogP contribution in [-0.2, 0) is 0 Å². The molecular weight excluding hydrogens is 311 g/mol. The highest BCUT2D eigenvalue weighted by Crippen LogP contribution is 2.30. The number of hydrogen-bond acceptors (Lipinski definition) is 4. The average molecular weight is 320 g/mol. The second-order valence-electron chi connectivity index (χ2n) is 3.71. The lowest BCUT2D eigenvalue weighted by Gasteiger charge is -2.10. The van der Waals surface area contributed by atoms with Crippen molar-refractivity contribution >= 4 is 40.5 Å². The largest absolute Gasteiger partial charge is 0.435 e. The third-order valence-electron chi connectivity index (χ3n) is 2.30. The summed E-state index contributed by atoms with van der Waals surface area (Å²) in [6.07, 6.45) is 0. The lowest BCUT2D eigenvalue weighted by molar-refractivity contribution is -0.0498. The molecule has 0 saturated heterocycles. The Bertz CT molecular complexity index is 608. The van der Waals surface area contributed by atoms with Crippen molar-refractivity contribution in [2.45, 2.75) is 6.61 Å². The quantitative estimate of drug-likeness (QED) is 0.881. The number of benzene rings is 1. The maximum Gasteiger partial charge on any atom is 0.387 e. The molecule has 0 spiro atoms. The molecule has 2 aromatic rings. The molecule has 1 aromatic carbocycles. The summed E-state index contributed by atoms with van der Waals surface area (Å²) < 4.78 is 28.3. The fourth-order valence-electron chi connectivity index (χ4n) is 1.42. The van der Waals surface area contributed by atoms with Gasteiger partial charge in [-0.05, 0) is 30.3 Å². The number of anilines is 3. The molecule has 4 nitrogen and oxygen atoms in total. The van der Waals surface area contributed by atoms with Gasteiger partial charge in [-0.1, -0.05) is 23.2 Å². The van der Waals surface area contributed by atoms with Crippen LogP contribution in [0.15, 0.2) is 30.3 Å². The molecule has 3 N–H and O–H groups in total. The number of nitrogens with one attached hydrogen (secondary N) is 1. The van der Waals surface area contributed by atoms with Crippen LogP contribution in [0.5, 0.6) is 5.75 Å². The van der Waals surface area contributed by atoms with Gasteiger partial charge in [-0.3, -0.25) is 0 Å². The third-order valence-corrected chi connectivity index (χ3v) is 2.89. The van der Waals surface area contributed by atoms with Gasteiger partial charge >= 0.3 is 6.61 Å². The number of rotatable bonds is 4. The van der Waals surface area contributed by atoms with Gasteiger partial charge in [0.05, 0.1) is 10.0 Å². The van der Waals surface area contributed by atoms with E-state index in [9.17, 15) is 8.78 Å². The summed E-state index contributed by atoms with van der Waals surface area (Å²) in [6.45, 7) is -2.86. The number of nitrogens with two attached hydrogens (primary N) is 1. The fraction of sp³-hybridized carbons (Fsp3) is 0.0833. The molecule has 0 fully saturated rings. The second-order valence-corrected chi connectivity index (χ2v) is 4.53. The van der Waals surface area contributed by atoms with Gasteiger partial charge in [-0.25, -0.2) is 4.98 Å². The summed E-state index contributed by atoms with van der Waals surface area (Å²) >= 11 is 11.7. The number of pyridine rings is 1. The van der Waals surface area contributed by atoms with Crippen LogP contribution >= 0.6 is 23.2 Å². The normalized spacial score (nSPS) is 10.7. The minimum absolute atomic E-state index is 0.0558. The van der Waals surface area contributed by atoms with E-state index in [4.69, 9.17) is 28.9 Å². The number of halogens is 4. The zero-order chi connectivity index (χ0) is 14.7. The minimum atomic E-state index is -2.86. The van der Waals surface area contributed by atoms with Crippen LogP contribution in [0.4, 0.5) is 26.1 Å². The predicted molar refractivity (Wildman–Crippen MR) is 75.0 cm³/mol. The van der Waals surface area contributed by atoms with E-state index in [1.54, 1.807) is 12.1 Å². The molecule has 0 atom stereocenters. The van der Waals surface area contributed by atoms with Gasteiger partial charge in [0.2, 0.25) is 0 Å². The molecule has 1 heterocycles. The van der Waals surface area contributed by atoms with E-state index >= 15 is 0 Å². The smallest absolute Gasteiger partial charge is 0.387 e. The molecular formula is C12H9Cl2F2N3O. The standard InChI is InChI=1S/C12H9Cl2F2N3O/c13-8-5-9(14)11(19-10(8)17)18-6-1-3-7(4-2-6)20-12(15)16/h1-5,12H,(H3,17,18,19). The zero-order valence-electron chi connectivity index (χ0n) is 9.91. The van der Waals surface area contributed by atoms with E-state index in [0.29, 0.717) is 11.5 Å². The molecule has 0 radical (unpaired) electrons. The van der Waals surface area contributed by atoms with Crippen LogP contribution in [0.3, 0.4) is 0 Å². The Morgan fingerprint density at radius 3 is 2.40 bits per heavy atom. The maximum atomic E-state index is 12.0. The van der Waals surface area contributed by atoms with Crippen molar-refractivity contribution < 1.29 is 13.5 Å². The Morgan fingerprint density at radius 1 is 1.15 bits per heavy atom. The molecule has 0 aliphatic rings. The molecule has 8 heteroatoms. The summed E-state index contributed by atoms with van der Waals surface area (Å²) in [5.74, 6) is 0.507. The van der Waals surface area contributed by atoms with Crippen molar-refractivity contribution in [3.05, 3.63) is 40.4 Å². The van der Waals surface area contributed by atoms with Crippen molar-refractivity contribution in [3.8, 4) is 5.75 Å². The van der Waals surface area contributed by atoms with Crippen molar-refractivity contribution in [3.63, 3.8) is 0 Å². The first-order valence-electron chi connectivity index (χ1n) is 5.39. The Hall–Kier alpha value is -1.79. The Balaban J connectivity index is 2.16. The van der Waals surface area contributed by atoms with Crippen molar-refractivity contribution in [1.29, 1.82) is 0 Å². The van der Waals surface area contributed by atoms with Crippen LogP contribution < -0.4 is 15.8 Å². The summed E-state index contributed by atoms with van der Waals surface area (Å²) in [6, 6.07) is 7.33. The van der Waals surface area contributed by atoms with Crippen LogP contribution in [0, 0.1) is 0 Å². The van der Waals surface area contributed by atoms with Gasteiger partial charge in [-0.2, -0.15) is 8.78 Å². The van der Waals surface area contributed by atoms with E-state index in [-0.39, 0.29) is 21.6 Å². The molecule has 0 aliphatic heterocycles. The first-order chi connectivity index (χ1) is 9.45. The number of alkyl halides is 2. The SMILES string of the molecule is Nc1nc(Nc2ccc(OC(F)F)cc2)c(Cl)cc1Cl. The first kappa shape index (κ1) is 14.6. The highest BCUT2D eigenvalue weighted by molar-refractivity contribution is 6.37. The highest BCUT2D eigenvalue weighted by Gasteiger charge is 2.08. The van der Waals surface area contributed by atoms with E-state index < -0.39 is 6.61 Å². The summed E-state index contributed by atoms with van der Waals surface area (Å²) in [5, 5.41) is 3.44. The van der Waals surface area contributed by atoms with E-state index in [0.717, 1.165) is 0 Å². The Labute approximate surface area is 123 Å². The monoisotopic (exact) mass is 319 g/mol. The number of nitrogen functional groups attached to an aromatic ring is 1. The predicted octanol–water partition coefficient (Wildman–Crippen LogP) is 4.32. The van der Waals surface area contributed by atoms with Gasteiger partial charge in [0, 0.05) is 5.69 Å². The second kappa shape index (κ2) is 6.11. The summed E-state index contributed by atoms with van der Waals surface area (Å²) in [5.41, 5.74) is 6.16. The molecule has 2 rings (SSSR count). The van der Waals surface area contributed by atoms with Gasteiger partial charge < -0.3 is 15.8 Å². The maximum absolute atomic E-state index is 12.0. The lowest BCUT2D eigenvalue weighted by atomic mass is 10.3. The number of ether oxygens (including phenoxy) is 1. The van der Waals surface area contributed by atoms with Crippen LogP contribution in [0.2, 0.25) is 10.0 Å². The van der Waals surface area contributed by atoms with Crippen molar-refractivity contribution in [2.24, 2.45) is 0 Å². The molecule has 0 amide bonds. The molecule has 0 unspecified atom stereocenters. The Morgan fingerprint density at radius 2 is 1.80 bits per heavy atom. The number of nitrogens with zero attached hydrogens (tertiary/aromatic N) is 1. The molecule has 0 saturated carbocycles. The summed E-state index contributed by atoms with van der Waals surface area (Å²) in [7, 11) is 0. The molecule has 1 aromatic heterocycles.